The molecule has 25 heavy (non-hydrogen) atoms. The van der Waals surface area contributed by atoms with Crippen molar-refractivity contribution in [2.45, 2.75) is 46.2 Å². The maximum Gasteiger partial charge on any atom is 0.274 e. The normalized spacial score (nSPS) is 14.5. The molecule has 3 heterocycles. The van der Waals surface area contributed by atoms with Crippen molar-refractivity contribution >= 4 is 42.1 Å². The van der Waals surface area contributed by atoms with Crippen molar-refractivity contribution < 1.29 is 4.79 Å². The van der Waals surface area contributed by atoms with Crippen molar-refractivity contribution in [2.75, 3.05) is 13.1 Å². The van der Waals surface area contributed by atoms with Gasteiger partial charge in [0, 0.05) is 4.88 Å². The van der Waals surface area contributed by atoms with Gasteiger partial charge >= 0.3 is 0 Å². The maximum atomic E-state index is 12.4. The van der Waals surface area contributed by atoms with Crippen molar-refractivity contribution in [1.82, 2.24) is 30.6 Å². The zero-order valence-corrected chi connectivity index (χ0v) is 17.0. The Hall–Kier alpha value is -1.22. The number of hydrogen-bond acceptors (Lipinski definition) is 6. The van der Waals surface area contributed by atoms with Crippen LogP contribution in [0.2, 0.25) is 0 Å². The molecular weight excluding hydrogens is 383 g/mol. The number of rotatable bonds is 4. The van der Waals surface area contributed by atoms with Gasteiger partial charge in [-0.3, -0.25) is 4.79 Å². The zero-order chi connectivity index (χ0) is 16.4. The lowest BCUT2D eigenvalue weighted by molar-refractivity contribution is 0.0945. The summed E-state index contributed by atoms with van der Waals surface area (Å²) in [5.74, 6) is -0.173. The van der Waals surface area contributed by atoms with Gasteiger partial charge in [-0.05, 0) is 46.7 Å². The summed E-state index contributed by atoms with van der Waals surface area (Å²) >= 11 is 1.61. The molecule has 0 aromatic carbocycles. The molecule has 1 amide bonds. The summed E-state index contributed by atoms with van der Waals surface area (Å²) in [7, 11) is 0. The van der Waals surface area contributed by atoms with Crippen LogP contribution in [0.15, 0.2) is 0 Å². The van der Waals surface area contributed by atoms with E-state index >= 15 is 0 Å². The molecule has 0 unspecified atom stereocenters. The van der Waals surface area contributed by atoms with Gasteiger partial charge in [-0.15, -0.1) is 41.2 Å². The van der Waals surface area contributed by atoms with Crippen molar-refractivity contribution in [3.63, 3.8) is 0 Å². The first kappa shape index (κ1) is 21.8. The van der Waals surface area contributed by atoms with Gasteiger partial charge in [0.25, 0.3) is 5.91 Å². The van der Waals surface area contributed by atoms with E-state index in [9.17, 15) is 4.79 Å². The summed E-state index contributed by atoms with van der Waals surface area (Å²) in [4.78, 5) is 17.9. The molecule has 1 aliphatic rings. The van der Waals surface area contributed by atoms with E-state index in [-0.39, 0.29) is 30.7 Å². The standard InChI is InChI=1S/C15H22N6OS.2ClH/c1-9-13(23-11(3)18-9)8-17-15(22)14-10(2)21(20-19-14)12-4-6-16-7-5-12;;/h12,16H,4-8H2,1-3H3,(H,17,22);2*1H. The first-order valence-corrected chi connectivity index (χ1v) is 8.71. The highest BCUT2D eigenvalue weighted by molar-refractivity contribution is 7.11. The van der Waals surface area contributed by atoms with E-state index in [0.717, 1.165) is 47.2 Å². The highest BCUT2D eigenvalue weighted by Gasteiger charge is 2.22. The fraction of sp³-hybridized carbons (Fsp3) is 0.600. The van der Waals surface area contributed by atoms with E-state index in [4.69, 9.17) is 0 Å². The van der Waals surface area contributed by atoms with Gasteiger partial charge in [-0.25, -0.2) is 9.67 Å². The molecule has 2 aromatic heterocycles. The Kier molecular flexibility index (Phi) is 8.27. The number of thiazole rings is 1. The van der Waals surface area contributed by atoms with Gasteiger partial charge in [0.1, 0.15) is 0 Å². The molecule has 1 saturated heterocycles. The third-order valence-electron chi connectivity index (χ3n) is 4.21. The number of piperidine rings is 1. The summed E-state index contributed by atoms with van der Waals surface area (Å²) in [5.41, 5.74) is 2.23. The van der Waals surface area contributed by atoms with E-state index in [0.29, 0.717) is 18.3 Å². The molecule has 10 heteroatoms. The zero-order valence-electron chi connectivity index (χ0n) is 14.5. The van der Waals surface area contributed by atoms with Crippen LogP contribution < -0.4 is 10.6 Å². The predicted molar refractivity (Wildman–Crippen MR) is 103 cm³/mol. The summed E-state index contributed by atoms with van der Waals surface area (Å²) in [6.07, 6.45) is 2.04. The quantitative estimate of drug-likeness (QED) is 0.813. The Morgan fingerprint density at radius 2 is 1.96 bits per heavy atom. The second kappa shape index (κ2) is 9.47. The molecule has 3 rings (SSSR count). The molecule has 0 spiro atoms. The van der Waals surface area contributed by atoms with Gasteiger partial charge in [0.2, 0.25) is 0 Å². The minimum atomic E-state index is -0.173. The smallest absolute Gasteiger partial charge is 0.274 e. The van der Waals surface area contributed by atoms with E-state index < -0.39 is 0 Å². The molecule has 0 aliphatic carbocycles. The molecule has 0 bridgehead atoms. The van der Waals surface area contributed by atoms with Crippen LogP contribution in [0.25, 0.3) is 0 Å². The highest BCUT2D eigenvalue weighted by atomic mass is 35.5. The van der Waals surface area contributed by atoms with Gasteiger partial charge in [0.15, 0.2) is 5.69 Å². The number of hydrogen-bond donors (Lipinski definition) is 2. The van der Waals surface area contributed by atoms with E-state index in [1.165, 1.54) is 0 Å². The van der Waals surface area contributed by atoms with E-state index in [2.05, 4.69) is 25.9 Å². The molecule has 140 valence electrons. The molecule has 0 saturated carbocycles. The van der Waals surface area contributed by atoms with E-state index in [1.807, 2.05) is 25.5 Å². The first-order chi connectivity index (χ1) is 11.1. The third-order valence-corrected chi connectivity index (χ3v) is 5.28. The van der Waals surface area contributed by atoms with Crippen molar-refractivity contribution in [1.29, 1.82) is 0 Å². The number of nitrogens with zero attached hydrogens (tertiary/aromatic N) is 4. The summed E-state index contributed by atoms with van der Waals surface area (Å²) < 4.78 is 1.90. The van der Waals surface area contributed by atoms with Crippen LogP contribution in [0, 0.1) is 20.8 Å². The number of halogens is 2. The monoisotopic (exact) mass is 406 g/mol. The fourth-order valence-corrected chi connectivity index (χ4v) is 3.81. The van der Waals surface area contributed by atoms with Crippen LogP contribution in [0.1, 0.15) is 50.6 Å². The van der Waals surface area contributed by atoms with Crippen LogP contribution in [0.4, 0.5) is 0 Å². The van der Waals surface area contributed by atoms with Crippen LogP contribution in [-0.2, 0) is 6.54 Å². The van der Waals surface area contributed by atoms with Crippen molar-refractivity contribution in [3.8, 4) is 0 Å². The highest BCUT2D eigenvalue weighted by Crippen LogP contribution is 2.20. The second-order valence-corrected chi connectivity index (χ2v) is 7.16. The number of amides is 1. The van der Waals surface area contributed by atoms with Gasteiger partial charge in [-0.1, -0.05) is 5.21 Å². The second-order valence-electron chi connectivity index (χ2n) is 5.87. The number of carbonyl (C=O) groups excluding carboxylic acids is 1. The minimum Gasteiger partial charge on any atom is -0.346 e. The van der Waals surface area contributed by atoms with E-state index in [1.54, 1.807) is 11.3 Å². The number of carbonyl (C=O) groups is 1. The Morgan fingerprint density at radius 1 is 1.28 bits per heavy atom. The van der Waals surface area contributed by atoms with Crippen LogP contribution >= 0.6 is 36.2 Å². The summed E-state index contributed by atoms with van der Waals surface area (Å²) in [6.45, 7) is 8.29. The Bertz CT molecular complexity index is 711. The SMILES string of the molecule is Cc1nc(C)c(CNC(=O)c2nnn(C3CCNCC3)c2C)s1.Cl.Cl. The minimum absolute atomic E-state index is 0. The largest absolute Gasteiger partial charge is 0.346 e. The van der Waals surface area contributed by atoms with Gasteiger partial charge < -0.3 is 10.6 Å². The Labute approximate surface area is 163 Å². The molecular formula is C15H24Cl2N6OS. The number of aromatic nitrogens is 4. The average molecular weight is 407 g/mol. The fourth-order valence-electron chi connectivity index (χ4n) is 2.93. The van der Waals surface area contributed by atoms with Crippen LogP contribution in [0.5, 0.6) is 0 Å². The van der Waals surface area contributed by atoms with Crippen molar-refractivity contribution in [2.24, 2.45) is 0 Å². The van der Waals surface area contributed by atoms with Crippen LogP contribution in [-0.4, -0.2) is 39.0 Å². The maximum absolute atomic E-state index is 12.4. The summed E-state index contributed by atoms with van der Waals surface area (Å²) in [6, 6.07) is 0.330. The summed E-state index contributed by atoms with van der Waals surface area (Å²) in [5, 5.41) is 15.6. The average Bonchev–Trinajstić information content (AvgIpc) is 3.08. The third kappa shape index (κ3) is 4.91. The molecule has 1 aliphatic heterocycles. The molecule has 0 atom stereocenters. The van der Waals surface area contributed by atoms with Crippen LogP contribution in [0.3, 0.4) is 0 Å². The van der Waals surface area contributed by atoms with Crippen molar-refractivity contribution in [3.05, 3.63) is 27.0 Å². The van der Waals surface area contributed by atoms with Gasteiger partial charge in [0.05, 0.1) is 29.0 Å². The molecule has 2 N–H and O–H groups in total. The molecule has 0 radical (unpaired) electrons. The molecule has 7 nitrogen and oxygen atoms in total. The van der Waals surface area contributed by atoms with Gasteiger partial charge in [-0.2, -0.15) is 0 Å². The first-order valence-electron chi connectivity index (χ1n) is 7.90. The lowest BCUT2D eigenvalue weighted by Crippen LogP contribution is -2.30. The number of nitrogens with one attached hydrogen (secondary N) is 2. The molecule has 2 aromatic rings. The topological polar surface area (TPSA) is 84.7 Å². The Balaban J connectivity index is 0.00000156. The lowest BCUT2D eigenvalue weighted by Gasteiger charge is -2.23. The predicted octanol–water partition coefficient (Wildman–Crippen LogP) is 2.36. The lowest BCUT2D eigenvalue weighted by atomic mass is 10.1. The number of aryl methyl sites for hydroxylation is 2. The molecule has 1 fully saturated rings. The Morgan fingerprint density at radius 3 is 2.56 bits per heavy atom.